The van der Waals surface area contributed by atoms with Crippen LogP contribution >= 0.6 is 0 Å². The lowest BCUT2D eigenvalue weighted by Crippen LogP contribution is -2.29. The number of piperidine rings is 1. The quantitative estimate of drug-likeness (QED) is 0.763. The summed E-state index contributed by atoms with van der Waals surface area (Å²) in [5, 5.41) is 3.48. The van der Waals surface area contributed by atoms with Gasteiger partial charge in [-0.15, -0.1) is 0 Å². The molecule has 0 aromatic carbocycles. The maximum Gasteiger partial charge on any atom is 0.00102 e. The van der Waals surface area contributed by atoms with Crippen LogP contribution < -0.4 is 5.32 Å². The van der Waals surface area contributed by atoms with E-state index in [9.17, 15) is 0 Å². The summed E-state index contributed by atoms with van der Waals surface area (Å²) in [5.74, 6) is 3.78. The van der Waals surface area contributed by atoms with Gasteiger partial charge in [-0.2, -0.15) is 0 Å². The predicted octanol–water partition coefficient (Wildman–Crippen LogP) is 3.77. The minimum atomic E-state index is 0.855. The molecule has 2 saturated heterocycles. The largest absolute Gasteiger partial charge is 0.317 e. The van der Waals surface area contributed by atoms with Crippen LogP contribution in [0.15, 0.2) is 0 Å². The first-order valence-electron chi connectivity index (χ1n) is 9.06. The maximum absolute atomic E-state index is 3.48. The molecule has 0 radical (unpaired) electrons. The average Bonchev–Trinajstić information content (AvgIpc) is 2.85. The van der Waals surface area contributed by atoms with E-state index in [1.807, 2.05) is 0 Å². The number of nitrogens with zero attached hydrogens (tertiary/aromatic N) is 1. The van der Waals surface area contributed by atoms with Gasteiger partial charge in [0.15, 0.2) is 0 Å². The van der Waals surface area contributed by atoms with E-state index in [1.165, 1.54) is 71.2 Å². The third-order valence-electron chi connectivity index (χ3n) is 5.32. The summed E-state index contributed by atoms with van der Waals surface area (Å²) in [6, 6.07) is 0. The Labute approximate surface area is 126 Å². The third-order valence-corrected chi connectivity index (χ3v) is 5.32. The van der Waals surface area contributed by atoms with E-state index in [4.69, 9.17) is 0 Å². The van der Waals surface area contributed by atoms with Crippen molar-refractivity contribution in [2.75, 3.05) is 32.7 Å². The van der Waals surface area contributed by atoms with Crippen LogP contribution in [0.2, 0.25) is 0 Å². The molecule has 2 nitrogen and oxygen atoms in total. The highest BCUT2D eigenvalue weighted by atomic mass is 15.1. The minimum Gasteiger partial charge on any atom is -0.317 e. The van der Waals surface area contributed by atoms with E-state index in [0.29, 0.717) is 0 Å². The fourth-order valence-electron chi connectivity index (χ4n) is 4.10. The van der Waals surface area contributed by atoms with Crippen LogP contribution in [0, 0.1) is 23.7 Å². The molecule has 2 heterocycles. The Hall–Kier alpha value is -0.0800. The molecule has 2 aliphatic heterocycles. The van der Waals surface area contributed by atoms with Crippen LogP contribution in [0.5, 0.6) is 0 Å². The normalized spacial score (nSPS) is 27.3. The highest BCUT2D eigenvalue weighted by Crippen LogP contribution is 2.29. The first kappa shape index (κ1) is 16.3. The molecule has 2 heteroatoms. The fraction of sp³-hybridized carbons (Fsp3) is 1.00. The van der Waals surface area contributed by atoms with Crippen molar-refractivity contribution in [2.45, 2.75) is 59.3 Å². The standard InChI is InChI=1S/C18H36N2/c1-15(2)6-10-20-11-7-18(14-20)13-16(3)12-17-4-8-19-9-5-17/h15-19H,4-14H2,1-3H3. The second kappa shape index (κ2) is 8.38. The van der Waals surface area contributed by atoms with Gasteiger partial charge < -0.3 is 10.2 Å². The SMILES string of the molecule is CC(C)CCN1CCC(CC(C)CC2CCNCC2)C1. The molecule has 0 aliphatic carbocycles. The first-order chi connectivity index (χ1) is 9.63. The van der Waals surface area contributed by atoms with Crippen molar-refractivity contribution >= 4 is 0 Å². The Kier molecular flexibility index (Phi) is 6.83. The highest BCUT2D eigenvalue weighted by Gasteiger charge is 2.25. The third kappa shape index (κ3) is 5.73. The number of rotatable bonds is 7. The van der Waals surface area contributed by atoms with Gasteiger partial charge in [-0.3, -0.25) is 0 Å². The molecule has 0 saturated carbocycles. The molecule has 2 atom stereocenters. The monoisotopic (exact) mass is 280 g/mol. The summed E-state index contributed by atoms with van der Waals surface area (Å²) in [6.45, 7) is 13.8. The smallest absolute Gasteiger partial charge is 0.00102 e. The Morgan fingerprint density at radius 1 is 1.00 bits per heavy atom. The average molecular weight is 281 g/mol. The van der Waals surface area contributed by atoms with Gasteiger partial charge in [0, 0.05) is 6.54 Å². The maximum atomic E-state index is 3.48. The van der Waals surface area contributed by atoms with E-state index in [0.717, 1.165) is 23.7 Å². The molecular formula is C18H36N2. The molecule has 1 N–H and O–H groups in total. The van der Waals surface area contributed by atoms with Crippen LogP contribution in [0.1, 0.15) is 59.3 Å². The van der Waals surface area contributed by atoms with Crippen molar-refractivity contribution in [2.24, 2.45) is 23.7 Å². The summed E-state index contributed by atoms with van der Waals surface area (Å²) >= 11 is 0. The molecule has 20 heavy (non-hydrogen) atoms. The van der Waals surface area contributed by atoms with Crippen molar-refractivity contribution in [3.8, 4) is 0 Å². The van der Waals surface area contributed by atoms with Crippen molar-refractivity contribution in [1.82, 2.24) is 10.2 Å². The van der Waals surface area contributed by atoms with Crippen LogP contribution in [0.3, 0.4) is 0 Å². The Balaban J connectivity index is 1.61. The molecule has 0 amide bonds. The molecule has 2 fully saturated rings. The lowest BCUT2D eigenvalue weighted by molar-refractivity contribution is 0.263. The first-order valence-corrected chi connectivity index (χ1v) is 9.06. The Morgan fingerprint density at radius 3 is 2.40 bits per heavy atom. The number of hydrogen-bond acceptors (Lipinski definition) is 2. The van der Waals surface area contributed by atoms with Gasteiger partial charge in [0.25, 0.3) is 0 Å². The Bertz CT molecular complexity index is 258. The molecule has 118 valence electrons. The van der Waals surface area contributed by atoms with Gasteiger partial charge in [-0.25, -0.2) is 0 Å². The molecular weight excluding hydrogens is 244 g/mol. The molecule has 0 aromatic heterocycles. The lowest BCUT2D eigenvalue weighted by Gasteiger charge is -2.26. The van der Waals surface area contributed by atoms with Crippen molar-refractivity contribution < 1.29 is 0 Å². The van der Waals surface area contributed by atoms with Crippen molar-refractivity contribution in [1.29, 1.82) is 0 Å². The van der Waals surface area contributed by atoms with Gasteiger partial charge in [-0.05, 0) is 88.4 Å². The predicted molar refractivity (Wildman–Crippen MR) is 88.0 cm³/mol. The van der Waals surface area contributed by atoms with Gasteiger partial charge >= 0.3 is 0 Å². The minimum absolute atomic E-state index is 0.855. The highest BCUT2D eigenvalue weighted by molar-refractivity contribution is 4.79. The molecule has 2 rings (SSSR count). The van der Waals surface area contributed by atoms with Gasteiger partial charge in [0.1, 0.15) is 0 Å². The van der Waals surface area contributed by atoms with Crippen molar-refractivity contribution in [3.63, 3.8) is 0 Å². The number of hydrogen-bond donors (Lipinski definition) is 1. The summed E-state index contributed by atoms with van der Waals surface area (Å²) < 4.78 is 0. The van der Waals surface area contributed by atoms with E-state index >= 15 is 0 Å². The zero-order valence-corrected chi connectivity index (χ0v) is 14.0. The summed E-state index contributed by atoms with van der Waals surface area (Å²) in [6.07, 6.45) is 8.60. The number of likely N-dealkylation sites (tertiary alicyclic amines) is 1. The molecule has 0 aromatic rings. The molecule has 2 aliphatic rings. The van der Waals surface area contributed by atoms with Gasteiger partial charge in [0.05, 0.1) is 0 Å². The van der Waals surface area contributed by atoms with Gasteiger partial charge in [0.2, 0.25) is 0 Å². The Morgan fingerprint density at radius 2 is 1.70 bits per heavy atom. The van der Waals surface area contributed by atoms with Crippen molar-refractivity contribution in [3.05, 3.63) is 0 Å². The van der Waals surface area contributed by atoms with E-state index in [-0.39, 0.29) is 0 Å². The second-order valence-corrected chi connectivity index (χ2v) is 7.91. The summed E-state index contributed by atoms with van der Waals surface area (Å²) in [5.41, 5.74) is 0. The van der Waals surface area contributed by atoms with E-state index in [1.54, 1.807) is 0 Å². The number of nitrogens with one attached hydrogen (secondary N) is 1. The van der Waals surface area contributed by atoms with E-state index < -0.39 is 0 Å². The lowest BCUT2D eigenvalue weighted by atomic mass is 9.84. The molecule has 2 unspecified atom stereocenters. The van der Waals surface area contributed by atoms with Crippen LogP contribution in [-0.2, 0) is 0 Å². The second-order valence-electron chi connectivity index (χ2n) is 7.91. The van der Waals surface area contributed by atoms with Crippen LogP contribution in [0.25, 0.3) is 0 Å². The van der Waals surface area contributed by atoms with Gasteiger partial charge in [-0.1, -0.05) is 20.8 Å². The molecule has 0 bridgehead atoms. The molecule has 0 spiro atoms. The summed E-state index contributed by atoms with van der Waals surface area (Å²) in [4.78, 5) is 2.71. The fourth-order valence-corrected chi connectivity index (χ4v) is 4.10. The topological polar surface area (TPSA) is 15.3 Å². The zero-order chi connectivity index (χ0) is 14.4. The van der Waals surface area contributed by atoms with E-state index in [2.05, 4.69) is 31.0 Å². The summed E-state index contributed by atoms with van der Waals surface area (Å²) in [7, 11) is 0. The van der Waals surface area contributed by atoms with Crippen LogP contribution in [-0.4, -0.2) is 37.6 Å². The zero-order valence-electron chi connectivity index (χ0n) is 14.0. The van der Waals surface area contributed by atoms with Crippen LogP contribution in [0.4, 0.5) is 0 Å².